The predicted octanol–water partition coefficient (Wildman–Crippen LogP) is 3.80. The molecule has 0 saturated carbocycles. The van der Waals surface area contributed by atoms with E-state index in [0.29, 0.717) is 6.61 Å². The van der Waals surface area contributed by atoms with Crippen molar-refractivity contribution in [1.29, 1.82) is 0 Å². The zero-order valence-electron chi connectivity index (χ0n) is 9.50. The number of rotatable bonds is 4. The van der Waals surface area contributed by atoms with Gasteiger partial charge in [-0.3, -0.25) is 0 Å². The highest BCUT2D eigenvalue weighted by Crippen LogP contribution is 2.35. The van der Waals surface area contributed by atoms with Crippen molar-refractivity contribution in [1.82, 2.24) is 0 Å². The molecule has 0 saturated heterocycles. The molecule has 3 nitrogen and oxygen atoms in total. The Morgan fingerprint density at radius 2 is 1.94 bits per heavy atom. The molecule has 0 amide bonds. The first-order chi connectivity index (χ1) is 8.08. The summed E-state index contributed by atoms with van der Waals surface area (Å²) >= 11 is 6.84. The lowest BCUT2D eigenvalue weighted by atomic mass is 10.2. The van der Waals surface area contributed by atoms with E-state index in [1.807, 2.05) is 19.1 Å². The quantitative estimate of drug-likeness (QED) is 0.603. The summed E-state index contributed by atoms with van der Waals surface area (Å²) in [6.45, 7) is 2.51. The minimum absolute atomic E-state index is 0.383. The zero-order valence-corrected chi connectivity index (χ0v) is 12.7. The van der Waals surface area contributed by atoms with Crippen LogP contribution in [0.1, 0.15) is 12.5 Å². The van der Waals surface area contributed by atoms with E-state index in [1.165, 1.54) is 13.2 Å². The Morgan fingerprint density at radius 3 is 2.41 bits per heavy atom. The molecule has 0 unspecified atom stereocenters. The minimum Gasteiger partial charge on any atom is -0.492 e. The highest BCUT2D eigenvalue weighted by molar-refractivity contribution is 9.11. The maximum Gasteiger partial charge on any atom is 0.330 e. The first-order valence-corrected chi connectivity index (χ1v) is 6.55. The first kappa shape index (κ1) is 14.3. The number of halogens is 2. The van der Waals surface area contributed by atoms with E-state index >= 15 is 0 Å². The molecule has 1 rings (SSSR count). The van der Waals surface area contributed by atoms with Crippen LogP contribution < -0.4 is 4.74 Å². The number of hydrogen-bond acceptors (Lipinski definition) is 3. The standard InChI is InChI=1S/C12H12Br2O3/c1-3-17-12-9(13)6-8(7-10(12)14)4-5-11(15)16-2/h4-7H,3H2,1-2H3/b5-4+. The lowest BCUT2D eigenvalue weighted by Gasteiger charge is -2.09. The molecule has 5 heteroatoms. The van der Waals surface area contributed by atoms with Crippen LogP contribution in [0.4, 0.5) is 0 Å². The van der Waals surface area contributed by atoms with E-state index in [0.717, 1.165) is 20.3 Å². The Balaban J connectivity index is 2.98. The lowest BCUT2D eigenvalue weighted by molar-refractivity contribution is -0.134. The third-order valence-electron chi connectivity index (χ3n) is 1.92. The summed E-state index contributed by atoms with van der Waals surface area (Å²) in [5.41, 5.74) is 0.873. The van der Waals surface area contributed by atoms with Gasteiger partial charge in [-0.05, 0) is 62.6 Å². The Bertz CT molecular complexity index is 418. The van der Waals surface area contributed by atoms with Gasteiger partial charge in [-0.25, -0.2) is 4.79 Å². The lowest BCUT2D eigenvalue weighted by Crippen LogP contribution is -1.95. The van der Waals surface area contributed by atoms with Crippen molar-refractivity contribution in [3.63, 3.8) is 0 Å². The van der Waals surface area contributed by atoms with E-state index in [2.05, 4.69) is 36.6 Å². The molecule has 0 aromatic heterocycles. The minimum atomic E-state index is -0.383. The maximum absolute atomic E-state index is 11.0. The van der Waals surface area contributed by atoms with Gasteiger partial charge in [0.25, 0.3) is 0 Å². The monoisotopic (exact) mass is 362 g/mol. The van der Waals surface area contributed by atoms with Crippen LogP contribution in [0.15, 0.2) is 27.2 Å². The Labute approximate surface area is 117 Å². The molecule has 0 fully saturated rings. The molecule has 0 aliphatic heterocycles. The van der Waals surface area contributed by atoms with Gasteiger partial charge in [-0.15, -0.1) is 0 Å². The van der Waals surface area contributed by atoms with Crippen LogP contribution in [0.3, 0.4) is 0 Å². The number of carbonyl (C=O) groups is 1. The first-order valence-electron chi connectivity index (χ1n) is 4.96. The molecule has 0 atom stereocenters. The van der Waals surface area contributed by atoms with Gasteiger partial charge in [-0.2, -0.15) is 0 Å². The number of benzene rings is 1. The van der Waals surface area contributed by atoms with Gasteiger partial charge in [0, 0.05) is 6.08 Å². The van der Waals surface area contributed by atoms with Crippen LogP contribution in [-0.4, -0.2) is 19.7 Å². The van der Waals surface area contributed by atoms with Crippen LogP contribution in [0, 0.1) is 0 Å². The molecule has 0 radical (unpaired) electrons. The second-order valence-corrected chi connectivity index (χ2v) is 4.81. The van der Waals surface area contributed by atoms with Gasteiger partial charge in [0.1, 0.15) is 5.75 Å². The SMILES string of the molecule is CCOc1c(Br)cc(/C=C/C(=O)OC)cc1Br. The normalized spacial score (nSPS) is 10.6. The molecule has 1 aromatic rings. The maximum atomic E-state index is 11.0. The molecule has 0 N–H and O–H groups in total. The van der Waals surface area contributed by atoms with Crippen LogP contribution in [-0.2, 0) is 9.53 Å². The zero-order chi connectivity index (χ0) is 12.8. The van der Waals surface area contributed by atoms with Crippen LogP contribution in [0.25, 0.3) is 6.08 Å². The average molecular weight is 364 g/mol. The third kappa shape index (κ3) is 4.16. The number of ether oxygens (including phenoxy) is 2. The second-order valence-electron chi connectivity index (χ2n) is 3.10. The van der Waals surface area contributed by atoms with Crippen LogP contribution in [0.5, 0.6) is 5.75 Å². The van der Waals surface area contributed by atoms with Gasteiger partial charge in [0.15, 0.2) is 0 Å². The summed E-state index contributed by atoms with van der Waals surface area (Å²) in [5, 5.41) is 0. The van der Waals surface area contributed by atoms with Crippen molar-refractivity contribution in [2.45, 2.75) is 6.92 Å². The molecule has 92 valence electrons. The van der Waals surface area contributed by atoms with E-state index in [4.69, 9.17) is 4.74 Å². The predicted molar refractivity (Wildman–Crippen MR) is 74.1 cm³/mol. The summed E-state index contributed by atoms with van der Waals surface area (Å²) in [6.07, 6.45) is 3.05. The Morgan fingerprint density at radius 1 is 1.35 bits per heavy atom. The van der Waals surface area contributed by atoms with E-state index in [-0.39, 0.29) is 5.97 Å². The molecule has 17 heavy (non-hydrogen) atoms. The highest BCUT2D eigenvalue weighted by atomic mass is 79.9. The van der Waals surface area contributed by atoms with Crippen molar-refractivity contribution >= 4 is 43.9 Å². The molecular weight excluding hydrogens is 352 g/mol. The smallest absolute Gasteiger partial charge is 0.330 e. The summed E-state index contributed by atoms with van der Waals surface area (Å²) in [6, 6.07) is 3.74. The fourth-order valence-electron chi connectivity index (χ4n) is 1.19. The summed E-state index contributed by atoms with van der Waals surface area (Å²) in [4.78, 5) is 11.0. The van der Waals surface area contributed by atoms with Gasteiger partial charge in [0.2, 0.25) is 0 Å². The largest absolute Gasteiger partial charge is 0.492 e. The average Bonchev–Trinajstić information content (AvgIpc) is 2.30. The van der Waals surface area contributed by atoms with Crippen molar-refractivity contribution in [2.24, 2.45) is 0 Å². The third-order valence-corrected chi connectivity index (χ3v) is 3.10. The number of methoxy groups -OCH3 is 1. The fraction of sp³-hybridized carbons (Fsp3) is 0.250. The van der Waals surface area contributed by atoms with Gasteiger partial charge >= 0.3 is 5.97 Å². The van der Waals surface area contributed by atoms with E-state index in [1.54, 1.807) is 6.08 Å². The molecule has 0 bridgehead atoms. The fourth-order valence-corrected chi connectivity index (χ4v) is 2.64. The Hall–Kier alpha value is -0.810. The highest BCUT2D eigenvalue weighted by Gasteiger charge is 2.07. The molecular formula is C12H12Br2O3. The summed E-state index contributed by atoms with van der Waals surface area (Å²) in [7, 11) is 1.34. The van der Waals surface area contributed by atoms with Crippen molar-refractivity contribution in [3.8, 4) is 5.75 Å². The number of esters is 1. The molecule has 1 aromatic carbocycles. The van der Waals surface area contributed by atoms with Crippen molar-refractivity contribution in [2.75, 3.05) is 13.7 Å². The second kappa shape index (κ2) is 6.81. The number of hydrogen-bond donors (Lipinski definition) is 0. The van der Waals surface area contributed by atoms with Gasteiger partial charge in [-0.1, -0.05) is 0 Å². The number of carbonyl (C=O) groups excluding carboxylic acids is 1. The van der Waals surface area contributed by atoms with E-state index in [9.17, 15) is 4.79 Å². The van der Waals surface area contributed by atoms with Crippen LogP contribution in [0.2, 0.25) is 0 Å². The molecule has 0 aliphatic rings. The van der Waals surface area contributed by atoms with Gasteiger partial charge < -0.3 is 9.47 Å². The molecule has 0 heterocycles. The summed E-state index contributed by atoms with van der Waals surface area (Å²) in [5.74, 6) is 0.369. The van der Waals surface area contributed by atoms with Crippen LogP contribution >= 0.6 is 31.9 Å². The molecule has 0 spiro atoms. The summed E-state index contributed by atoms with van der Waals surface area (Å²) < 4.78 is 11.6. The van der Waals surface area contributed by atoms with Crippen molar-refractivity contribution in [3.05, 3.63) is 32.7 Å². The molecule has 0 aliphatic carbocycles. The van der Waals surface area contributed by atoms with Crippen molar-refractivity contribution < 1.29 is 14.3 Å². The van der Waals surface area contributed by atoms with Gasteiger partial charge in [0.05, 0.1) is 22.7 Å². The van der Waals surface area contributed by atoms with E-state index < -0.39 is 0 Å². The Kier molecular flexibility index (Phi) is 5.71. The topological polar surface area (TPSA) is 35.5 Å².